The summed E-state index contributed by atoms with van der Waals surface area (Å²) in [6.45, 7) is 0. The minimum Gasteiger partial charge on any atom is -0.497 e. The number of hydrogen-bond donors (Lipinski definition) is 1. The molecular formula is C23H18ClIN2O5. The quantitative estimate of drug-likeness (QED) is 0.144. The Hall–Kier alpha value is -3.11. The molecule has 0 aliphatic heterocycles. The molecule has 0 radical (unpaired) electrons. The molecule has 7 nitrogen and oxygen atoms in total. The van der Waals surface area contributed by atoms with Gasteiger partial charge in [-0.15, -0.1) is 0 Å². The third-order valence-corrected chi connectivity index (χ3v) is 5.31. The van der Waals surface area contributed by atoms with Crippen LogP contribution in [-0.2, 0) is 0 Å². The number of carbonyl (C=O) groups excluding carboxylic acids is 2. The average Bonchev–Trinajstić information content (AvgIpc) is 2.80. The summed E-state index contributed by atoms with van der Waals surface area (Å²) in [5.41, 5.74) is 3.90. The van der Waals surface area contributed by atoms with Gasteiger partial charge >= 0.3 is 5.97 Å². The maximum Gasteiger partial charge on any atom is 0.343 e. The molecule has 0 fully saturated rings. The van der Waals surface area contributed by atoms with Crippen LogP contribution in [0.4, 0.5) is 0 Å². The van der Waals surface area contributed by atoms with Crippen LogP contribution in [0, 0.1) is 3.57 Å². The summed E-state index contributed by atoms with van der Waals surface area (Å²) in [5.74, 6) is 0.381. The van der Waals surface area contributed by atoms with Gasteiger partial charge in [-0.1, -0.05) is 11.6 Å². The van der Waals surface area contributed by atoms with Crippen LogP contribution in [0.25, 0.3) is 0 Å². The van der Waals surface area contributed by atoms with Crippen molar-refractivity contribution < 1.29 is 23.8 Å². The van der Waals surface area contributed by atoms with E-state index in [9.17, 15) is 9.59 Å². The fraction of sp³-hybridized carbons (Fsp3) is 0.0870. The third kappa shape index (κ3) is 5.98. The Labute approximate surface area is 203 Å². The fourth-order valence-corrected chi connectivity index (χ4v) is 3.48. The third-order valence-electron chi connectivity index (χ3n) is 4.26. The number of halogens is 2. The molecule has 0 saturated carbocycles. The van der Waals surface area contributed by atoms with E-state index >= 15 is 0 Å². The Morgan fingerprint density at radius 3 is 2.25 bits per heavy atom. The van der Waals surface area contributed by atoms with Gasteiger partial charge in [-0.2, -0.15) is 5.10 Å². The molecule has 0 saturated heterocycles. The molecule has 32 heavy (non-hydrogen) atoms. The van der Waals surface area contributed by atoms with Crippen LogP contribution < -0.4 is 19.6 Å². The average molecular weight is 565 g/mol. The van der Waals surface area contributed by atoms with Gasteiger partial charge in [0.1, 0.15) is 5.75 Å². The van der Waals surface area contributed by atoms with Crippen LogP contribution in [-0.4, -0.2) is 32.3 Å². The van der Waals surface area contributed by atoms with Gasteiger partial charge in [0.05, 0.1) is 29.6 Å². The van der Waals surface area contributed by atoms with Gasteiger partial charge in [0, 0.05) is 10.6 Å². The first-order valence-corrected chi connectivity index (χ1v) is 10.7. The smallest absolute Gasteiger partial charge is 0.343 e. The zero-order valence-corrected chi connectivity index (χ0v) is 20.0. The summed E-state index contributed by atoms with van der Waals surface area (Å²) in [5, 5.41) is 4.52. The lowest BCUT2D eigenvalue weighted by Crippen LogP contribution is -2.17. The van der Waals surface area contributed by atoms with E-state index in [0.717, 1.165) is 0 Å². The first kappa shape index (κ1) is 23.6. The van der Waals surface area contributed by atoms with E-state index in [0.29, 0.717) is 36.8 Å². The van der Waals surface area contributed by atoms with E-state index in [4.69, 9.17) is 25.8 Å². The first-order valence-electron chi connectivity index (χ1n) is 9.24. The lowest BCUT2D eigenvalue weighted by molar-refractivity contribution is 0.0728. The number of esters is 1. The normalized spacial score (nSPS) is 10.6. The van der Waals surface area contributed by atoms with E-state index in [1.165, 1.54) is 13.3 Å². The van der Waals surface area contributed by atoms with Gasteiger partial charge in [-0.25, -0.2) is 10.2 Å². The molecule has 1 N–H and O–H groups in total. The predicted octanol–water partition coefficient (Wildman–Crippen LogP) is 4.94. The minimum absolute atomic E-state index is 0.288. The zero-order valence-electron chi connectivity index (χ0n) is 17.1. The highest BCUT2D eigenvalue weighted by atomic mass is 127. The number of ether oxygens (including phenoxy) is 3. The lowest BCUT2D eigenvalue weighted by atomic mass is 10.2. The van der Waals surface area contributed by atoms with Gasteiger partial charge in [0.15, 0.2) is 11.5 Å². The summed E-state index contributed by atoms with van der Waals surface area (Å²) >= 11 is 7.86. The van der Waals surface area contributed by atoms with Gasteiger partial charge in [0.2, 0.25) is 0 Å². The number of amides is 1. The summed E-state index contributed by atoms with van der Waals surface area (Å²) in [4.78, 5) is 24.6. The van der Waals surface area contributed by atoms with Crippen LogP contribution in [0.15, 0.2) is 65.8 Å². The molecule has 0 spiro atoms. The Balaban J connectivity index is 1.72. The fourth-order valence-electron chi connectivity index (χ4n) is 2.62. The van der Waals surface area contributed by atoms with Crippen molar-refractivity contribution in [2.45, 2.75) is 0 Å². The van der Waals surface area contributed by atoms with Gasteiger partial charge < -0.3 is 14.2 Å². The molecule has 3 rings (SSSR count). The van der Waals surface area contributed by atoms with E-state index in [1.807, 2.05) is 22.6 Å². The SMILES string of the molecule is COc1ccc(C(=O)Oc2c(I)cc(/C=N\NC(=O)c3ccc(Cl)cc3)cc2OC)cc1. The van der Waals surface area contributed by atoms with Gasteiger partial charge in [0.25, 0.3) is 5.91 Å². The molecule has 1 amide bonds. The number of nitrogens with zero attached hydrogens (tertiary/aromatic N) is 1. The Kier molecular flexibility index (Phi) is 8.07. The van der Waals surface area contributed by atoms with E-state index in [-0.39, 0.29) is 11.7 Å². The van der Waals surface area contributed by atoms with Crippen molar-refractivity contribution >= 4 is 52.3 Å². The van der Waals surface area contributed by atoms with Crippen molar-refractivity contribution in [3.8, 4) is 17.2 Å². The minimum atomic E-state index is -0.527. The summed E-state index contributed by atoms with van der Waals surface area (Å²) < 4.78 is 16.7. The zero-order chi connectivity index (χ0) is 23.1. The Bertz CT molecular complexity index is 1150. The Morgan fingerprint density at radius 1 is 0.969 bits per heavy atom. The molecule has 164 valence electrons. The second kappa shape index (κ2) is 11.0. The maximum atomic E-state index is 12.5. The highest BCUT2D eigenvalue weighted by Crippen LogP contribution is 2.34. The second-order valence-corrected chi connectivity index (χ2v) is 7.96. The molecule has 0 aliphatic rings. The molecule has 3 aromatic rings. The van der Waals surface area contributed by atoms with Crippen molar-refractivity contribution in [3.63, 3.8) is 0 Å². The molecule has 0 heterocycles. The van der Waals surface area contributed by atoms with Crippen LogP contribution >= 0.6 is 34.2 Å². The number of rotatable bonds is 7. The maximum absolute atomic E-state index is 12.5. The topological polar surface area (TPSA) is 86.2 Å². The number of methoxy groups -OCH3 is 2. The molecule has 0 unspecified atom stereocenters. The highest BCUT2D eigenvalue weighted by molar-refractivity contribution is 14.1. The van der Waals surface area contributed by atoms with Crippen LogP contribution in [0.2, 0.25) is 5.02 Å². The van der Waals surface area contributed by atoms with Crippen molar-refractivity contribution in [1.29, 1.82) is 0 Å². The predicted molar refractivity (Wildman–Crippen MR) is 130 cm³/mol. The number of carbonyl (C=O) groups is 2. The number of nitrogens with one attached hydrogen (secondary N) is 1. The molecule has 3 aromatic carbocycles. The van der Waals surface area contributed by atoms with Crippen LogP contribution in [0.5, 0.6) is 17.2 Å². The summed E-state index contributed by atoms with van der Waals surface area (Å²) in [7, 11) is 3.02. The highest BCUT2D eigenvalue weighted by Gasteiger charge is 2.17. The molecule has 9 heteroatoms. The van der Waals surface area contributed by atoms with Crippen molar-refractivity contribution in [3.05, 3.63) is 85.9 Å². The standard InChI is InChI=1S/C23H18ClIN2O5/c1-30-18-9-5-16(6-10-18)23(29)32-21-19(25)11-14(12-20(21)31-2)13-26-27-22(28)15-3-7-17(24)8-4-15/h3-13H,1-2H3,(H,27,28)/b26-13-. The molecular weight excluding hydrogens is 547 g/mol. The van der Waals surface area contributed by atoms with Gasteiger partial charge in [-0.3, -0.25) is 4.79 Å². The van der Waals surface area contributed by atoms with Crippen molar-refractivity contribution in [2.75, 3.05) is 14.2 Å². The number of hydrazone groups is 1. The summed E-state index contributed by atoms with van der Waals surface area (Å²) in [6.07, 6.45) is 1.47. The Morgan fingerprint density at radius 2 is 1.62 bits per heavy atom. The first-order chi connectivity index (χ1) is 15.4. The monoisotopic (exact) mass is 564 g/mol. The molecule has 0 atom stereocenters. The van der Waals surface area contributed by atoms with E-state index < -0.39 is 5.97 Å². The second-order valence-electron chi connectivity index (χ2n) is 6.36. The molecule has 0 aromatic heterocycles. The number of hydrogen-bond acceptors (Lipinski definition) is 6. The lowest BCUT2D eigenvalue weighted by Gasteiger charge is -2.12. The van der Waals surface area contributed by atoms with E-state index in [1.54, 1.807) is 67.8 Å². The largest absolute Gasteiger partial charge is 0.497 e. The van der Waals surface area contributed by atoms with Crippen LogP contribution in [0.1, 0.15) is 26.3 Å². The van der Waals surface area contributed by atoms with Crippen molar-refractivity contribution in [2.24, 2.45) is 5.10 Å². The molecule has 0 bridgehead atoms. The van der Waals surface area contributed by atoms with Crippen molar-refractivity contribution in [1.82, 2.24) is 5.43 Å². The van der Waals surface area contributed by atoms with E-state index in [2.05, 4.69) is 10.5 Å². The van der Waals surface area contributed by atoms with Crippen LogP contribution in [0.3, 0.4) is 0 Å². The van der Waals surface area contributed by atoms with Gasteiger partial charge in [-0.05, 0) is 88.8 Å². The summed E-state index contributed by atoms with van der Waals surface area (Å²) in [6, 6.07) is 16.4. The number of benzene rings is 3. The molecule has 0 aliphatic carbocycles.